The summed E-state index contributed by atoms with van der Waals surface area (Å²) in [6.45, 7) is 14.2. The van der Waals surface area contributed by atoms with Gasteiger partial charge in [0.1, 0.15) is 0 Å². The van der Waals surface area contributed by atoms with Gasteiger partial charge < -0.3 is 0 Å². The molecule has 1 unspecified atom stereocenters. The van der Waals surface area contributed by atoms with Crippen LogP contribution in [0.2, 0.25) is 18.6 Å². The molecule has 0 aromatic heterocycles. The molecule has 0 spiro atoms. The van der Waals surface area contributed by atoms with Crippen molar-refractivity contribution < 1.29 is 0 Å². The van der Waals surface area contributed by atoms with Crippen LogP contribution in [0.5, 0.6) is 0 Å². The van der Waals surface area contributed by atoms with E-state index in [1.807, 2.05) is 0 Å². The number of allylic oxidation sites excluding steroid dienone is 4. The molecule has 0 bridgehead atoms. The molecule has 1 aliphatic rings. The second-order valence-corrected chi connectivity index (χ2v) is 8.60. The molecule has 0 aromatic carbocycles. The zero-order valence-electron chi connectivity index (χ0n) is 10.5. The van der Waals surface area contributed by atoms with Crippen molar-refractivity contribution in [1.82, 2.24) is 0 Å². The summed E-state index contributed by atoms with van der Waals surface area (Å²) >= 11 is 0. The van der Waals surface area contributed by atoms with Crippen LogP contribution in [0, 0.1) is 11.8 Å². The van der Waals surface area contributed by atoms with Gasteiger partial charge in [-0.1, -0.05) is 58.5 Å². The van der Waals surface area contributed by atoms with E-state index in [1.165, 1.54) is 0 Å². The fraction of sp³-hybridized carbons (Fsp3) is 0.692. The fourth-order valence-electron chi connectivity index (χ4n) is 2.13. The van der Waals surface area contributed by atoms with Crippen molar-refractivity contribution in [2.24, 2.45) is 11.8 Å². The zero-order chi connectivity index (χ0) is 10.9. The van der Waals surface area contributed by atoms with Crippen LogP contribution in [-0.4, -0.2) is 8.80 Å². The van der Waals surface area contributed by atoms with Crippen molar-refractivity contribution in [3.63, 3.8) is 0 Å². The van der Waals surface area contributed by atoms with Crippen LogP contribution in [0.25, 0.3) is 0 Å². The van der Waals surface area contributed by atoms with E-state index in [-0.39, 0.29) is 0 Å². The lowest BCUT2D eigenvalue weighted by Crippen LogP contribution is -2.13. The largest absolute Gasteiger partial charge is 0.0769 e. The molecule has 0 aromatic rings. The summed E-state index contributed by atoms with van der Waals surface area (Å²) in [5.74, 6) is 1.42. The Morgan fingerprint density at radius 1 is 1.07 bits per heavy atom. The predicted octanol–water partition coefficient (Wildman–Crippen LogP) is 4.02. The summed E-state index contributed by atoms with van der Waals surface area (Å²) in [4.78, 5) is 0. The Labute approximate surface area is 90.7 Å². The average molecular weight is 208 g/mol. The van der Waals surface area contributed by atoms with Crippen LogP contribution in [0.15, 0.2) is 23.3 Å². The molecule has 0 radical (unpaired) electrons. The molecule has 1 aliphatic carbocycles. The molecule has 1 heteroatoms. The summed E-state index contributed by atoms with van der Waals surface area (Å²) in [6, 6.07) is 0. The first-order chi connectivity index (χ1) is 6.43. The van der Waals surface area contributed by atoms with Crippen LogP contribution >= 0.6 is 0 Å². The third-order valence-electron chi connectivity index (χ3n) is 3.14. The second kappa shape index (κ2) is 4.48. The Hall–Kier alpha value is -0.303. The maximum absolute atomic E-state index is 2.54. The van der Waals surface area contributed by atoms with Crippen LogP contribution in [0.4, 0.5) is 0 Å². The predicted molar refractivity (Wildman–Crippen MR) is 68.5 cm³/mol. The highest BCUT2D eigenvalue weighted by Crippen LogP contribution is 2.38. The highest BCUT2D eigenvalue weighted by molar-refractivity contribution is 6.59. The first-order valence-electron chi connectivity index (χ1n) is 5.86. The third kappa shape index (κ3) is 2.38. The minimum Gasteiger partial charge on any atom is -0.0769 e. The smallest absolute Gasteiger partial charge is 0.0432 e. The molecule has 1 atom stereocenters. The summed E-state index contributed by atoms with van der Waals surface area (Å²) in [5, 5.41) is 0. The SMILES string of the molecule is CC(C)C1=CC([SiH](C)C)C(C(C)C)=C1. The third-order valence-corrected chi connectivity index (χ3v) is 5.16. The summed E-state index contributed by atoms with van der Waals surface area (Å²) in [6.07, 6.45) is 5.00. The van der Waals surface area contributed by atoms with Crippen LogP contribution in [0.3, 0.4) is 0 Å². The van der Waals surface area contributed by atoms with E-state index in [0.29, 0.717) is 5.92 Å². The molecule has 0 heterocycles. The van der Waals surface area contributed by atoms with E-state index in [0.717, 1.165) is 11.5 Å². The van der Waals surface area contributed by atoms with Gasteiger partial charge in [0.05, 0.1) is 0 Å². The maximum Gasteiger partial charge on any atom is 0.0432 e. The van der Waals surface area contributed by atoms with Gasteiger partial charge in [0.25, 0.3) is 0 Å². The van der Waals surface area contributed by atoms with Crippen molar-refractivity contribution in [3.8, 4) is 0 Å². The molecule has 0 saturated heterocycles. The molecule has 0 N–H and O–H groups in total. The lowest BCUT2D eigenvalue weighted by atomic mass is 10.0. The van der Waals surface area contributed by atoms with E-state index in [9.17, 15) is 0 Å². The summed E-state index contributed by atoms with van der Waals surface area (Å²) in [5.41, 5.74) is 4.09. The minimum absolute atomic E-state index is 0.561. The van der Waals surface area contributed by atoms with Crippen molar-refractivity contribution in [2.45, 2.75) is 46.3 Å². The van der Waals surface area contributed by atoms with Crippen LogP contribution < -0.4 is 0 Å². The molecule has 0 aliphatic heterocycles. The second-order valence-electron chi connectivity index (χ2n) is 5.39. The Morgan fingerprint density at radius 3 is 1.93 bits per heavy atom. The van der Waals surface area contributed by atoms with Gasteiger partial charge in [-0.3, -0.25) is 0 Å². The fourth-order valence-corrected chi connectivity index (χ4v) is 3.99. The Bertz CT molecular complexity index is 256. The van der Waals surface area contributed by atoms with Gasteiger partial charge in [0.2, 0.25) is 0 Å². The molecule has 14 heavy (non-hydrogen) atoms. The normalized spacial score (nSPS) is 22.2. The molecular weight excluding hydrogens is 184 g/mol. The molecule has 0 fully saturated rings. The lowest BCUT2D eigenvalue weighted by Gasteiger charge is -2.19. The van der Waals surface area contributed by atoms with Crippen molar-refractivity contribution in [2.75, 3.05) is 0 Å². The minimum atomic E-state index is -0.561. The first-order valence-corrected chi connectivity index (χ1v) is 8.84. The van der Waals surface area contributed by atoms with Gasteiger partial charge in [-0.05, 0) is 23.0 Å². The Morgan fingerprint density at radius 2 is 1.64 bits per heavy atom. The van der Waals surface area contributed by atoms with Gasteiger partial charge in [-0.25, -0.2) is 0 Å². The highest BCUT2D eigenvalue weighted by Gasteiger charge is 2.25. The van der Waals surface area contributed by atoms with Gasteiger partial charge in [-0.2, -0.15) is 0 Å². The molecule has 80 valence electrons. The monoisotopic (exact) mass is 208 g/mol. The van der Waals surface area contributed by atoms with E-state index >= 15 is 0 Å². The van der Waals surface area contributed by atoms with E-state index in [1.54, 1.807) is 11.1 Å². The first kappa shape index (κ1) is 11.8. The van der Waals surface area contributed by atoms with Gasteiger partial charge in [-0.15, -0.1) is 0 Å². The van der Waals surface area contributed by atoms with Gasteiger partial charge >= 0.3 is 0 Å². The molecular formula is C13H24Si. The average Bonchev–Trinajstić information content (AvgIpc) is 2.47. The number of hydrogen-bond donors (Lipinski definition) is 0. The molecule has 1 rings (SSSR count). The summed E-state index contributed by atoms with van der Waals surface area (Å²) in [7, 11) is -0.561. The zero-order valence-corrected chi connectivity index (χ0v) is 11.6. The van der Waals surface area contributed by atoms with Crippen LogP contribution in [0.1, 0.15) is 27.7 Å². The topological polar surface area (TPSA) is 0 Å². The molecule has 0 amide bonds. The number of hydrogen-bond acceptors (Lipinski definition) is 0. The molecule has 0 nitrogen and oxygen atoms in total. The summed E-state index contributed by atoms with van der Waals surface area (Å²) < 4.78 is 0. The van der Waals surface area contributed by atoms with E-state index in [2.05, 4.69) is 52.9 Å². The lowest BCUT2D eigenvalue weighted by molar-refractivity contribution is 0.747. The molecule has 0 saturated carbocycles. The standard InChI is InChI=1S/C13H24Si/c1-9(2)11-7-12(10(3)4)13(8-11)14(5)6/h7-10,13-14H,1-6H3. The Balaban J connectivity index is 2.91. The highest BCUT2D eigenvalue weighted by atomic mass is 28.3. The van der Waals surface area contributed by atoms with E-state index in [4.69, 9.17) is 0 Å². The number of rotatable bonds is 3. The van der Waals surface area contributed by atoms with Crippen molar-refractivity contribution in [3.05, 3.63) is 23.3 Å². The Kier molecular flexibility index (Phi) is 3.76. The maximum atomic E-state index is 2.54. The van der Waals surface area contributed by atoms with Crippen molar-refractivity contribution >= 4 is 8.80 Å². The van der Waals surface area contributed by atoms with Crippen LogP contribution in [-0.2, 0) is 0 Å². The van der Waals surface area contributed by atoms with Gasteiger partial charge in [0.15, 0.2) is 0 Å². The van der Waals surface area contributed by atoms with Gasteiger partial charge in [0, 0.05) is 8.80 Å². The quantitative estimate of drug-likeness (QED) is 0.615. The van der Waals surface area contributed by atoms with E-state index < -0.39 is 8.80 Å². The van der Waals surface area contributed by atoms with Crippen molar-refractivity contribution in [1.29, 1.82) is 0 Å².